The van der Waals surface area contributed by atoms with Crippen molar-refractivity contribution in [2.75, 3.05) is 6.54 Å². The first-order valence-electron chi connectivity index (χ1n) is 6.08. The molecule has 2 atom stereocenters. The van der Waals surface area contributed by atoms with Crippen LogP contribution in [0.5, 0.6) is 0 Å². The summed E-state index contributed by atoms with van der Waals surface area (Å²) < 4.78 is 26.7. The van der Waals surface area contributed by atoms with Crippen molar-refractivity contribution in [2.24, 2.45) is 11.8 Å². The van der Waals surface area contributed by atoms with Crippen molar-refractivity contribution in [2.45, 2.75) is 31.1 Å². The van der Waals surface area contributed by atoms with Crippen LogP contribution in [-0.2, 0) is 10.0 Å². The lowest BCUT2D eigenvalue weighted by atomic mass is 10.1. The van der Waals surface area contributed by atoms with Crippen LogP contribution in [0.15, 0.2) is 23.2 Å². The van der Waals surface area contributed by atoms with Gasteiger partial charge < -0.3 is 0 Å². The number of halogens is 1. The molecule has 0 radical (unpaired) electrons. The number of rotatable bonds is 4. The Hall–Kier alpha value is -0.650. The van der Waals surface area contributed by atoms with Gasteiger partial charge in [0.2, 0.25) is 10.0 Å². The van der Waals surface area contributed by atoms with Crippen LogP contribution in [0.25, 0.3) is 0 Å². The molecule has 2 rings (SSSR count). The Morgan fingerprint density at radius 3 is 2.89 bits per heavy atom. The summed E-state index contributed by atoms with van der Waals surface area (Å²) in [5.74, 6) is 1.15. The summed E-state index contributed by atoms with van der Waals surface area (Å²) in [6.45, 7) is 2.71. The Balaban J connectivity index is 1.99. The van der Waals surface area contributed by atoms with Gasteiger partial charge in [0.25, 0.3) is 0 Å². The minimum atomic E-state index is -3.46. The molecule has 0 bridgehead atoms. The summed E-state index contributed by atoms with van der Waals surface area (Å²) in [6, 6.07) is 2.81. The zero-order valence-corrected chi connectivity index (χ0v) is 11.8. The molecule has 4 nitrogen and oxygen atoms in total. The topological polar surface area (TPSA) is 59.1 Å². The van der Waals surface area contributed by atoms with Gasteiger partial charge in [0.1, 0.15) is 5.15 Å². The minimum absolute atomic E-state index is 0.175. The summed E-state index contributed by atoms with van der Waals surface area (Å²) in [5, 5.41) is 0.187. The minimum Gasteiger partial charge on any atom is -0.244 e. The number of aromatic nitrogens is 1. The first kappa shape index (κ1) is 13.8. The van der Waals surface area contributed by atoms with Crippen LogP contribution in [0, 0.1) is 11.8 Å². The van der Waals surface area contributed by atoms with E-state index in [-0.39, 0.29) is 10.0 Å². The van der Waals surface area contributed by atoms with Gasteiger partial charge in [-0.15, -0.1) is 0 Å². The third-order valence-electron chi connectivity index (χ3n) is 3.37. The average molecular weight is 289 g/mol. The maximum absolute atomic E-state index is 12.0. The molecule has 1 fully saturated rings. The second kappa shape index (κ2) is 5.55. The molecule has 1 N–H and O–H groups in total. The van der Waals surface area contributed by atoms with Gasteiger partial charge in [0.15, 0.2) is 0 Å². The fourth-order valence-corrected chi connectivity index (χ4v) is 3.74. The number of hydrogen-bond acceptors (Lipinski definition) is 3. The molecule has 2 unspecified atom stereocenters. The van der Waals surface area contributed by atoms with Crippen LogP contribution in [0.1, 0.15) is 26.2 Å². The summed E-state index contributed by atoms with van der Waals surface area (Å²) in [7, 11) is -3.46. The molecule has 1 saturated carbocycles. The first-order chi connectivity index (χ1) is 8.47. The highest BCUT2D eigenvalue weighted by molar-refractivity contribution is 7.89. The Bertz CT molecular complexity index is 519. The zero-order chi connectivity index (χ0) is 13.2. The van der Waals surface area contributed by atoms with Gasteiger partial charge in [-0.25, -0.2) is 18.1 Å². The second-order valence-electron chi connectivity index (χ2n) is 4.95. The van der Waals surface area contributed by atoms with Crippen LogP contribution in [-0.4, -0.2) is 19.9 Å². The maximum atomic E-state index is 12.0. The van der Waals surface area contributed by atoms with Crippen LogP contribution in [0.3, 0.4) is 0 Å². The number of pyridine rings is 1. The highest BCUT2D eigenvalue weighted by Gasteiger charge is 2.23. The third-order valence-corrected chi connectivity index (χ3v) is 5.00. The summed E-state index contributed by atoms with van der Waals surface area (Å²) in [6.07, 6.45) is 4.78. The quantitative estimate of drug-likeness (QED) is 0.866. The van der Waals surface area contributed by atoms with Gasteiger partial charge in [-0.2, -0.15) is 0 Å². The highest BCUT2D eigenvalue weighted by atomic mass is 35.5. The molecule has 1 aliphatic carbocycles. The van der Waals surface area contributed by atoms with Gasteiger partial charge in [-0.05, 0) is 36.8 Å². The molecule has 0 spiro atoms. The lowest BCUT2D eigenvalue weighted by Gasteiger charge is -2.11. The van der Waals surface area contributed by atoms with Gasteiger partial charge in [-0.1, -0.05) is 24.9 Å². The molecule has 1 aliphatic rings. The number of hydrogen-bond donors (Lipinski definition) is 1. The van der Waals surface area contributed by atoms with Crippen LogP contribution < -0.4 is 4.72 Å². The molecule has 6 heteroatoms. The monoisotopic (exact) mass is 288 g/mol. The molecule has 0 aliphatic heterocycles. The molecule has 18 heavy (non-hydrogen) atoms. The molecule has 0 saturated heterocycles. The molecule has 0 aromatic carbocycles. The van der Waals surface area contributed by atoms with E-state index in [0.29, 0.717) is 18.4 Å². The summed E-state index contributed by atoms with van der Waals surface area (Å²) >= 11 is 5.69. The molecular formula is C12H17ClN2O2S. The predicted octanol–water partition coefficient (Wildman–Crippen LogP) is 2.45. The van der Waals surface area contributed by atoms with Crippen molar-refractivity contribution in [1.29, 1.82) is 0 Å². The summed E-state index contributed by atoms with van der Waals surface area (Å²) in [4.78, 5) is 3.95. The molecule has 0 amide bonds. The Morgan fingerprint density at radius 2 is 2.28 bits per heavy atom. The van der Waals surface area contributed by atoms with E-state index in [4.69, 9.17) is 11.6 Å². The van der Waals surface area contributed by atoms with E-state index in [0.717, 1.165) is 12.8 Å². The fraction of sp³-hybridized carbons (Fsp3) is 0.583. The molecule has 100 valence electrons. The Labute approximate surface area is 113 Å². The normalized spacial score (nSPS) is 24.3. The number of nitrogens with one attached hydrogen (secondary N) is 1. The average Bonchev–Trinajstić information content (AvgIpc) is 2.73. The highest BCUT2D eigenvalue weighted by Crippen LogP contribution is 2.29. The van der Waals surface area contributed by atoms with Crippen molar-refractivity contribution in [3.8, 4) is 0 Å². The Morgan fingerprint density at radius 1 is 1.50 bits per heavy atom. The van der Waals surface area contributed by atoms with E-state index in [1.807, 2.05) is 0 Å². The lowest BCUT2D eigenvalue weighted by molar-refractivity contribution is 0.498. The predicted molar refractivity (Wildman–Crippen MR) is 70.9 cm³/mol. The lowest BCUT2D eigenvalue weighted by Crippen LogP contribution is -2.28. The third kappa shape index (κ3) is 3.43. The second-order valence-corrected chi connectivity index (χ2v) is 7.10. The van der Waals surface area contributed by atoms with Crippen LogP contribution >= 0.6 is 11.6 Å². The van der Waals surface area contributed by atoms with E-state index in [2.05, 4.69) is 16.6 Å². The SMILES string of the molecule is CC1CCC(CNS(=O)(=O)c2ccnc(Cl)c2)C1. The van der Waals surface area contributed by atoms with E-state index < -0.39 is 10.0 Å². The van der Waals surface area contributed by atoms with Gasteiger partial charge in [0, 0.05) is 12.7 Å². The molecular weight excluding hydrogens is 272 g/mol. The number of sulfonamides is 1. The van der Waals surface area contributed by atoms with Crippen molar-refractivity contribution in [1.82, 2.24) is 9.71 Å². The van der Waals surface area contributed by atoms with Crippen molar-refractivity contribution >= 4 is 21.6 Å². The van der Waals surface area contributed by atoms with Gasteiger partial charge in [-0.3, -0.25) is 0 Å². The largest absolute Gasteiger partial charge is 0.244 e. The van der Waals surface area contributed by atoms with Gasteiger partial charge >= 0.3 is 0 Å². The molecule has 1 heterocycles. The first-order valence-corrected chi connectivity index (χ1v) is 7.95. The van der Waals surface area contributed by atoms with Crippen LogP contribution in [0.2, 0.25) is 5.15 Å². The van der Waals surface area contributed by atoms with E-state index in [1.54, 1.807) is 0 Å². The zero-order valence-electron chi connectivity index (χ0n) is 10.3. The van der Waals surface area contributed by atoms with Crippen molar-refractivity contribution < 1.29 is 8.42 Å². The smallest absolute Gasteiger partial charge is 0.240 e. The van der Waals surface area contributed by atoms with Crippen LogP contribution in [0.4, 0.5) is 0 Å². The fourth-order valence-electron chi connectivity index (χ4n) is 2.37. The van der Waals surface area contributed by atoms with Crippen molar-refractivity contribution in [3.63, 3.8) is 0 Å². The number of nitrogens with zero attached hydrogens (tertiary/aromatic N) is 1. The standard InChI is InChI=1S/C12H17ClN2O2S/c1-9-2-3-10(6-9)8-15-18(16,17)11-4-5-14-12(13)7-11/h4-5,7,9-10,15H,2-3,6,8H2,1H3. The van der Waals surface area contributed by atoms with Gasteiger partial charge in [0.05, 0.1) is 4.90 Å². The Kier molecular flexibility index (Phi) is 4.25. The summed E-state index contributed by atoms with van der Waals surface area (Å²) in [5.41, 5.74) is 0. The van der Waals surface area contributed by atoms with Crippen molar-refractivity contribution in [3.05, 3.63) is 23.5 Å². The molecule has 1 aromatic heterocycles. The maximum Gasteiger partial charge on any atom is 0.240 e. The van der Waals surface area contributed by atoms with E-state index in [1.165, 1.54) is 24.8 Å². The molecule has 1 aromatic rings. The van der Waals surface area contributed by atoms with E-state index in [9.17, 15) is 8.42 Å². The van der Waals surface area contributed by atoms with E-state index >= 15 is 0 Å².